The van der Waals surface area contributed by atoms with Gasteiger partial charge in [-0.15, -0.1) is 10.2 Å². The summed E-state index contributed by atoms with van der Waals surface area (Å²) in [5.41, 5.74) is 2.05. The lowest BCUT2D eigenvalue weighted by Gasteiger charge is -2.30. The van der Waals surface area contributed by atoms with Gasteiger partial charge < -0.3 is 10.2 Å². The highest BCUT2D eigenvalue weighted by atomic mass is 19.2. The summed E-state index contributed by atoms with van der Waals surface area (Å²) < 4.78 is 26.4. The molecule has 1 saturated heterocycles. The van der Waals surface area contributed by atoms with Crippen LogP contribution in [0.25, 0.3) is 11.3 Å². The third kappa shape index (κ3) is 4.45. The highest BCUT2D eigenvalue weighted by Gasteiger charge is 2.17. The van der Waals surface area contributed by atoms with Gasteiger partial charge in [-0.1, -0.05) is 19.1 Å². The van der Waals surface area contributed by atoms with Crippen molar-refractivity contribution in [3.63, 3.8) is 0 Å². The first-order valence-corrected chi connectivity index (χ1v) is 9.95. The van der Waals surface area contributed by atoms with E-state index in [-0.39, 0.29) is 5.56 Å². The minimum Gasteiger partial charge on any atom is -0.355 e. The highest BCUT2D eigenvalue weighted by molar-refractivity contribution is 6.04. The summed E-state index contributed by atoms with van der Waals surface area (Å²) in [4.78, 5) is 14.6. The Morgan fingerprint density at radius 3 is 2.50 bits per heavy atom. The predicted molar refractivity (Wildman–Crippen MR) is 112 cm³/mol. The average Bonchev–Trinajstić information content (AvgIpc) is 2.76. The number of nitrogens with one attached hydrogen (secondary N) is 1. The Morgan fingerprint density at radius 2 is 1.80 bits per heavy atom. The zero-order chi connectivity index (χ0) is 21.1. The molecule has 154 valence electrons. The topological polar surface area (TPSA) is 58.1 Å². The Balaban J connectivity index is 1.47. The summed E-state index contributed by atoms with van der Waals surface area (Å²) >= 11 is 0. The van der Waals surface area contributed by atoms with E-state index in [0.717, 1.165) is 55.4 Å². The molecule has 1 amide bonds. The molecule has 3 aromatic rings. The van der Waals surface area contributed by atoms with Crippen LogP contribution in [-0.2, 0) is 0 Å². The molecule has 0 saturated carbocycles. The fraction of sp³-hybridized carbons (Fsp3) is 0.261. The van der Waals surface area contributed by atoms with E-state index in [9.17, 15) is 13.6 Å². The number of hydrogen-bond donors (Lipinski definition) is 1. The summed E-state index contributed by atoms with van der Waals surface area (Å²) in [5.74, 6) is -0.956. The lowest BCUT2D eigenvalue weighted by Crippen LogP contribution is -2.33. The molecule has 1 N–H and O–H groups in total. The molecule has 1 aliphatic rings. The monoisotopic (exact) mass is 408 g/mol. The summed E-state index contributed by atoms with van der Waals surface area (Å²) in [6.45, 7) is 4.24. The first-order chi connectivity index (χ1) is 14.5. The number of rotatable bonds is 4. The van der Waals surface area contributed by atoms with Gasteiger partial charge in [0.1, 0.15) is 0 Å². The normalized spacial score (nSPS) is 14.6. The van der Waals surface area contributed by atoms with E-state index < -0.39 is 17.5 Å². The maximum absolute atomic E-state index is 13.4. The Hall–Kier alpha value is -3.35. The number of hydrogen-bond acceptors (Lipinski definition) is 4. The van der Waals surface area contributed by atoms with Crippen molar-refractivity contribution in [3.8, 4) is 11.3 Å². The van der Waals surface area contributed by atoms with Crippen LogP contribution >= 0.6 is 0 Å². The second kappa shape index (κ2) is 8.57. The van der Waals surface area contributed by atoms with Gasteiger partial charge in [-0.25, -0.2) is 8.78 Å². The van der Waals surface area contributed by atoms with E-state index in [0.29, 0.717) is 11.4 Å². The molecule has 5 nitrogen and oxygen atoms in total. The smallest absolute Gasteiger partial charge is 0.255 e. The molecule has 0 radical (unpaired) electrons. The molecule has 4 rings (SSSR count). The van der Waals surface area contributed by atoms with Gasteiger partial charge in [0.05, 0.1) is 5.69 Å². The van der Waals surface area contributed by atoms with Crippen LogP contribution in [0.5, 0.6) is 0 Å². The largest absolute Gasteiger partial charge is 0.355 e. The molecule has 0 unspecified atom stereocenters. The van der Waals surface area contributed by atoms with Gasteiger partial charge in [-0.2, -0.15) is 0 Å². The molecule has 0 spiro atoms. The third-order valence-electron chi connectivity index (χ3n) is 5.36. The van der Waals surface area contributed by atoms with E-state index in [1.54, 1.807) is 18.2 Å². The average molecular weight is 408 g/mol. The zero-order valence-corrected chi connectivity index (χ0v) is 16.6. The van der Waals surface area contributed by atoms with Crippen molar-refractivity contribution in [1.82, 2.24) is 10.2 Å². The maximum Gasteiger partial charge on any atom is 0.255 e. The highest BCUT2D eigenvalue weighted by Crippen LogP contribution is 2.24. The molecular weight excluding hydrogens is 386 g/mol. The fourth-order valence-corrected chi connectivity index (χ4v) is 3.48. The van der Waals surface area contributed by atoms with Crippen LogP contribution in [0, 0.1) is 17.6 Å². The van der Waals surface area contributed by atoms with Crippen molar-refractivity contribution >= 4 is 17.4 Å². The van der Waals surface area contributed by atoms with Crippen molar-refractivity contribution < 1.29 is 13.6 Å². The van der Waals surface area contributed by atoms with Gasteiger partial charge in [0.2, 0.25) is 0 Å². The third-order valence-corrected chi connectivity index (χ3v) is 5.36. The van der Waals surface area contributed by atoms with Gasteiger partial charge in [0, 0.05) is 29.9 Å². The Morgan fingerprint density at radius 1 is 1.00 bits per heavy atom. The number of nitrogens with zero attached hydrogens (tertiary/aromatic N) is 3. The molecule has 7 heteroatoms. The van der Waals surface area contributed by atoms with Crippen molar-refractivity contribution in [2.24, 2.45) is 5.92 Å². The summed E-state index contributed by atoms with van der Waals surface area (Å²) in [6, 6.07) is 14.1. The van der Waals surface area contributed by atoms with E-state index >= 15 is 0 Å². The number of carbonyl (C=O) groups excluding carboxylic acids is 1. The molecular formula is C23H22F2N4O. The molecule has 1 aromatic heterocycles. The predicted octanol–water partition coefficient (Wildman–Crippen LogP) is 4.91. The number of carbonyl (C=O) groups is 1. The number of amides is 1. The van der Waals surface area contributed by atoms with Gasteiger partial charge in [-0.3, -0.25) is 4.79 Å². The lowest BCUT2D eigenvalue weighted by molar-refractivity contribution is 0.102. The van der Waals surface area contributed by atoms with E-state index in [2.05, 4.69) is 27.3 Å². The van der Waals surface area contributed by atoms with E-state index in [4.69, 9.17) is 0 Å². The minimum atomic E-state index is -1.06. The minimum absolute atomic E-state index is 0.0410. The fourth-order valence-electron chi connectivity index (χ4n) is 3.48. The molecule has 0 bridgehead atoms. The van der Waals surface area contributed by atoms with E-state index in [1.165, 1.54) is 6.07 Å². The van der Waals surface area contributed by atoms with Gasteiger partial charge in [-0.05, 0) is 61.2 Å². The number of halogens is 2. The summed E-state index contributed by atoms with van der Waals surface area (Å²) in [7, 11) is 0. The standard InChI is InChI=1S/C23H22F2N4O/c1-15-9-11-29(12-10-15)22-8-7-21(27-28-22)16-3-2-4-18(13-16)26-23(30)17-5-6-19(24)20(25)14-17/h2-8,13-15H,9-12H2,1H3,(H,26,30). The van der Waals surface area contributed by atoms with Crippen molar-refractivity contribution in [1.29, 1.82) is 0 Å². The van der Waals surface area contributed by atoms with Gasteiger partial charge in [0.25, 0.3) is 5.91 Å². The van der Waals surface area contributed by atoms with Gasteiger partial charge >= 0.3 is 0 Å². The van der Waals surface area contributed by atoms with Crippen LogP contribution in [-0.4, -0.2) is 29.2 Å². The van der Waals surface area contributed by atoms with E-state index in [1.807, 2.05) is 18.2 Å². The lowest BCUT2D eigenvalue weighted by atomic mass is 9.99. The molecule has 30 heavy (non-hydrogen) atoms. The van der Waals surface area contributed by atoms with Gasteiger partial charge in [0.15, 0.2) is 17.5 Å². The van der Waals surface area contributed by atoms with Crippen molar-refractivity contribution in [2.45, 2.75) is 19.8 Å². The molecule has 2 aromatic carbocycles. The summed E-state index contributed by atoms with van der Waals surface area (Å²) in [6.07, 6.45) is 2.31. The Kier molecular flexibility index (Phi) is 5.70. The molecule has 0 aliphatic carbocycles. The molecule has 1 fully saturated rings. The maximum atomic E-state index is 13.4. The van der Waals surface area contributed by atoms with Crippen molar-refractivity contribution in [3.05, 3.63) is 71.8 Å². The number of benzene rings is 2. The second-order valence-corrected chi connectivity index (χ2v) is 7.61. The van der Waals surface area contributed by atoms with Crippen LogP contribution in [0.2, 0.25) is 0 Å². The molecule has 0 atom stereocenters. The van der Waals surface area contributed by atoms with Crippen LogP contribution < -0.4 is 10.2 Å². The quantitative estimate of drug-likeness (QED) is 0.666. The second-order valence-electron chi connectivity index (χ2n) is 7.61. The van der Waals surface area contributed by atoms with Crippen LogP contribution in [0.15, 0.2) is 54.6 Å². The SMILES string of the molecule is CC1CCN(c2ccc(-c3cccc(NC(=O)c4ccc(F)c(F)c4)c3)nn2)CC1. The molecule has 1 aliphatic heterocycles. The first kappa shape index (κ1) is 19.9. The number of piperidine rings is 1. The number of anilines is 2. The zero-order valence-electron chi connectivity index (χ0n) is 16.6. The molecule has 2 heterocycles. The van der Waals surface area contributed by atoms with Crippen LogP contribution in [0.1, 0.15) is 30.1 Å². The summed E-state index contributed by atoms with van der Waals surface area (Å²) in [5, 5.41) is 11.4. The van der Waals surface area contributed by atoms with Crippen LogP contribution in [0.3, 0.4) is 0 Å². The Labute approximate surface area is 173 Å². The first-order valence-electron chi connectivity index (χ1n) is 9.95. The number of aromatic nitrogens is 2. The van der Waals surface area contributed by atoms with Crippen molar-refractivity contribution in [2.75, 3.05) is 23.3 Å². The Bertz CT molecular complexity index is 1050. The van der Waals surface area contributed by atoms with Crippen LogP contribution in [0.4, 0.5) is 20.3 Å².